The summed E-state index contributed by atoms with van der Waals surface area (Å²) in [7, 11) is 0. The van der Waals surface area contributed by atoms with Gasteiger partial charge in [-0.25, -0.2) is 0 Å². The van der Waals surface area contributed by atoms with Crippen molar-refractivity contribution >= 4 is 21.8 Å². The van der Waals surface area contributed by atoms with Gasteiger partial charge in [-0.1, -0.05) is 34.1 Å². The van der Waals surface area contributed by atoms with Crippen molar-refractivity contribution in [2.24, 2.45) is 11.5 Å². The number of morpholine rings is 1. The molecule has 0 aromatic heterocycles. The van der Waals surface area contributed by atoms with E-state index in [9.17, 15) is 4.79 Å². The van der Waals surface area contributed by atoms with Gasteiger partial charge >= 0.3 is 0 Å². The average Bonchev–Trinajstić information content (AvgIpc) is 2.42. The molecule has 1 aliphatic heterocycles. The Labute approximate surface area is 121 Å². The van der Waals surface area contributed by atoms with Crippen molar-refractivity contribution in [2.45, 2.75) is 12.1 Å². The van der Waals surface area contributed by atoms with E-state index >= 15 is 0 Å². The summed E-state index contributed by atoms with van der Waals surface area (Å²) in [5, 5.41) is 0. The largest absolute Gasteiger partial charge is 0.378 e. The Kier molecular flexibility index (Phi) is 4.93. The number of nitrogens with zero attached hydrogens (tertiary/aromatic N) is 1. The van der Waals surface area contributed by atoms with Crippen LogP contribution in [-0.4, -0.2) is 43.2 Å². The second-order valence-electron chi connectivity index (χ2n) is 4.50. The monoisotopic (exact) mass is 327 g/mol. The van der Waals surface area contributed by atoms with E-state index in [-0.39, 0.29) is 11.9 Å². The van der Waals surface area contributed by atoms with E-state index < -0.39 is 6.04 Å². The van der Waals surface area contributed by atoms with Crippen molar-refractivity contribution in [1.82, 2.24) is 4.90 Å². The van der Waals surface area contributed by atoms with Gasteiger partial charge in [0.05, 0.1) is 13.2 Å². The average molecular weight is 328 g/mol. The number of amides is 1. The normalized spacial score (nSPS) is 22.1. The van der Waals surface area contributed by atoms with Crippen molar-refractivity contribution in [3.8, 4) is 0 Å². The summed E-state index contributed by atoms with van der Waals surface area (Å²) in [6.45, 7) is 1.99. The number of ether oxygens (including phenoxy) is 1. The second-order valence-corrected chi connectivity index (χ2v) is 5.36. The second kappa shape index (κ2) is 6.47. The van der Waals surface area contributed by atoms with Crippen molar-refractivity contribution in [3.63, 3.8) is 0 Å². The number of benzene rings is 1. The smallest absolute Gasteiger partial charge is 0.237 e. The third kappa shape index (κ3) is 3.14. The van der Waals surface area contributed by atoms with E-state index in [2.05, 4.69) is 15.9 Å². The maximum atomic E-state index is 11.5. The maximum Gasteiger partial charge on any atom is 0.237 e. The fraction of sp³-hybridized carbons (Fsp3) is 0.462. The van der Waals surface area contributed by atoms with Gasteiger partial charge in [0, 0.05) is 23.6 Å². The molecule has 1 saturated heterocycles. The van der Waals surface area contributed by atoms with Gasteiger partial charge in [-0.05, 0) is 11.6 Å². The van der Waals surface area contributed by atoms with Crippen LogP contribution in [0.5, 0.6) is 0 Å². The lowest BCUT2D eigenvalue weighted by Crippen LogP contribution is -2.54. The number of hydrogen-bond donors (Lipinski definition) is 2. The summed E-state index contributed by atoms with van der Waals surface area (Å²) in [4.78, 5) is 13.6. The molecule has 5 nitrogen and oxygen atoms in total. The molecule has 0 radical (unpaired) electrons. The first kappa shape index (κ1) is 14.5. The Morgan fingerprint density at radius 2 is 2.26 bits per heavy atom. The summed E-state index contributed by atoms with van der Waals surface area (Å²) in [5.41, 5.74) is 12.4. The standard InChI is InChI=1S/C13H18BrN3O2/c14-10-4-2-1-3-9(10)11(7-15)17-5-6-19-8-12(17)13(16)18/h1-4,11-12H,5-8,15H2,(H2,16,18). The highest BCUT2D eigenvalue weighted by molar-refractivity contribution is 9.10. The summed E-state index contributed by atoms with van der Waals surface area (Å²) >= 11 is 3.53. The lowest BCUT2D eigenvalue weighted by molar-refractivity contribution is -0.131. The van der Waals surface area contributed by atoms with Crippen LogP contribution in [0.1, 0.15) is 11.6 Å². The summed E-state index contributed by atoms with van der Waals surface area (Å²) in [5.74, 6) is -0.370. The van der Waals surface area contributed by atoms with Crippen LogP contribution in [0.4, 0.5) is 0 Å². The van der Waals surface area contributed by atoms with E-state index in [0.717, 1.165) is 10.0 Å². The van der Waals surface area contributed by atoms with Crippen molar-refractivity contribution < 1.29 is 9.53 Å². The first-order valence-electron chi connectivity index (χ1n) is 6.22. The minimum absolute atomic E-state index is 0.0445. The molecule has 4 N–H and O–H groups in total. The van der Waals surface area contributed by atoms with Crippen LogP contribution in [0.3, 0.4) is 0 Å². The zero-order valence-corrected chi connectivity index (χ0v) is 12.2. The molecular formula is C13H18BrN3O2. The molecule has 1 aromatic rings. The van der Waals surface area contributed by atoms with Gasteiger partial charge in [-0.15, -0.1) is 0 Å². The van der Waals surface area contributed by atoms with E-state index in [1.807, 2.05) is 29.2 Å². The molecule has 2 atom stereocenters. The molecule has 19 heavy (non-hydrogen) atoms. The van der Waals surface area contributed by atoms with Crippen LogP contribution >= 0.6 is 15.9 Å². The zero-order chi connectivity index (χ0) is 13.8. The lowest BCUT2D eigenvalue weighted by Gasteiger charge is -2.39. The number of nitrogens with two attached hydrogens (primary N) is 2. The first-order valence-corrected chi connectivity index (χ1v) is 7.01. The van der Waals surface area contributed by atoms with Gasteiger partial charge in [0.15, 0.2) is 0 Å². The number of primary amides is 1. The Morgan fingerprint density at radius 1 is 1.53 bits per heavy atom. The van der Waals surface area contributed by atoms with Crippen LogP contribution in [-0.2, 0) is 9.53 Å². The van der Waals surface area contributed by atoms with Crippen LogP contribution in [0.2, 0.25) is 0 Å². The van der Waals surface area contributed by atoms with Crippen LogP contribution < -0.4 is 11.5 Å². The summed E-state index contributed by atoms with van der Waals surface area (Å²) in [6, 6.07) is 7.42. The van der Waals surface area contributed by atoms with E-state index in [1.165, 1.54) is 0 Å². The molecule has 0 saturated carbocycles. The number of carbonyl (C=O) groups is 1. The molecule has 1 aliphatic rings. The topological polar surface area (TPSA) is 81.6 Å². The Bertz CT molecular complexity index is 455. The third-order valence-corrected chi connectivity index (χ3v) is 4.11. The highest BCUT2D eigenvalue weighted by Gasteiger charge is 2.33. The van der Waals surface area contributed by atoms with Gasteiger partial charge < -0.3 is 16.2 Å². The predicted molar refractivity (Wildman–Crippen MR) is 76.4 cm³/mol. The number of carbonyl (C=O) groups excluding carboxylic acids is 1. The molecular weight excluding hydrogens is 310 g/mol. The Morgan fingerprint density at radius 3 is 2.89 bits per heavy atom. The molecule has 6 heteroatoms. The maximum absolute atomic E-state index is 11.5. The predicted octanol–water partition coefficient (Wildman–Crippen LogP) is 0.635. The molecule has 2 unspecified atom stereocenters. The van der Waals surface area contributed by atoms with Crippen LogP contribution in [0.15, 0.2) is 28.7 Å². The molecule has 1 amide bonds. The Balaban J connectivity index is 2.30. The zero-order valence-electron chi connectivity index (χ0n) is 10.6. The quantitative estimate of drug-likeness (QED) is 0.850. The molecule has 104 valence electrons. The van der Waals surface area contributed by atoms with Crippen molar-refractivity contribution in [3.05, 3.63) is 34.3 Å². The molecule has 0 bridgehead atoms. The number of halogens is 1. The van der Waals surface area contributed by atoms with Gasteiger partial charge in [0.1, 0.15) is 6.04 Å². The molecule has 1 heterocycles. The third-order valence-electron chi connectivity index (χ3n) is 3.39. The fourth-order valence-corrected chi connectivity index (χ4v) is 2.97. The van der Waals surface area contributed by atoms with E-state index in [1.54, 1.807) is 0 Å². The van der Waals surface area contributed by atoms with E-state index in [4.69, 9.17) is 16.2 Å². The first-order chi connectivity index (χ1) is 9.15. The van der Waals surface area contributed by atoms with Crippen LogP contribution in [0, 0.1) is 0 Å². The minimum atomic E-state index is -0.422. The molecule has 1 fully saturated rings. The highest BCUT2D eigenvalue weighted by atomic mass is 79.9. The van der Waals surface area contributed by atoms with E-state index in [0.29, 0.717) is 26.3 Å². The Hall–Kier alpha value is -0.950. The highest BCUT2D eigenvalue weighted by Crippen LogP contribution is 2.29. The molecule has 1 aromatic carbocycles. The van der Waals surface area contributed by atoms with Gasteiger partial charge in [-0.2, -0.15) is 0 Å². The van der Waals surface area contributed by atoms with Gasteiger partial charge in [0.2, 0.25) is 5.91 Å². The number of hydrogen-bond acceptors (Lipinski definition) is 4. The van der Waals surface area contributed by atoms with Gasteiger partial charge in [0.25, 0.3) is 0 Å². The van der Waals surface area contributed by atoms with Gasteiger partial charge in [-0.3, -0.25) is 9.69 Å². The van der Waals surface area contributed by atoms with Crippen LogP contribution in [0.25, 0.3) is 0 Å². The summed E-state index contributed by atoms with van der Waals surface area (Å²) in [6.07, 6.45) is 0. The van der Waals surface area contributed by atoms with Crippen molar-refractivity contribution in [1.29, 1.82) is 0 Å². The lowest BCUT2D eigenvalue weighted by atomic mass is 10.0. The number of rotatable bonds is 4. The SMILES string of the molecule is NCC(c1ccccc1Br)N1CCOCC1C(N)=O. The fourth-order valence-electron chi connectivity index (χ4n) is 2.42. The molecule has 0 spiro atoms. The summed E-state index contributed by atoms with van der Waals surface area (Å²) < 4.78 is 6.33. The van der Waals surface area contributed by atoms with Crippen molar-refractivity contribution in [2.75, 3.05) is 26.3 Å². The molecule has 2 rings (SSSR count). The minimum Gasteiger partial charge on any atom is -0.378 e. The molecule has 0 aliphatic carbocycles.